The van der Waals surface area contributed by atoms with Crippen molar-refractivity contribution in [3.05, 3.63) is 0 Å². The van der Waals surface area contributed by atoms with Crippen LogP contribution in [0.25, 0.3) is 0 Å². The lowest BCUT2D eigenvalue weighted by Gasteiger charge is -2.34. The Morgan fingerprint density at radius 1 is 1.35 bits per heavy atom. The van der Waals surface area contributed by atoms with Gasteiger partial charge in [-0.05, 0) is 25.8 Å². The van der Waals surface area contributed by atoms with Crippen LogP contribution in [-0.2, 0) is 9.53 Å². The summed E-state index contributed by atoms with van der Waals surface area (Å²) in [6.45, 7) is 12.6. The second kappa shape index (κ2) is 6.87. The Kier molecular flexibility index (Phi) is 5.41. The number of morpholine rings is 1. The minimum Gasteiger partial charge on any atom is -0.379 e. The van der Waals surface area contributed by atoms with Gasteiger partial charge in [0.05, 0.1) is 18.6 Å². The van der Waals surface area contributed by atoms with E-state index in [2.05, 4.69) is 36.3 Å². The molecule has 2 unspecified atom stereocenters. The average Bonchev–Trinajstić information content (AvgIpc) is 2.90. The van der Waals surface area contributed by atoms with Gasteiger partial charge in [0.25, 0.3) is 0 Å². The number of nitrogens with zero attached hydrogens (tertiary/aromatic N) is 1. The molecule has 116 valence electrons. The maximum Gasteiger partial charge on any atom is 0.228 e. The Bertz CT molecular complexity index is 321. The summed E-state index contributed by atoms with van der Waals surface area (Å²) < 4.78 is 5.35. The van der Waals surface area contributed by atoms with Gasteiger partial charge < -0.3 is 15.4 Å². The van der Waals surface area contributed by atoms with Crippen LogP contribution in [0, 0.1) is 11.3 Å². The van der Waals surface area contributed by atoms with E-state index < -0.39 is 0 Å². The zero-order valence-electron chi connectivity index (χ0n) is 13.1. The first-order valence-electron chi connectivity index (χ1n) is 7.86. The van der Waals surface area contributed by atoms with Crippen molar-refractivity contribution in [3.8, 4) is 0 Å². The molecule has 5 heteroatoms. The molecule has 2 heterocycles. The molecule has 0 aromatic heterocycles. The van der Waals surface area contributed by atoms with E-state index in [-0.39, 0.29) is 17.4 Å². The Hall–Kier alpha value is -0.650. The molecule has 5 nitrogen and oxygen atoms in total. The highest BCUT2D eigenvalue weighted by molar-refractivity contribution is 5.83. The summed E-state index contributed by atoms with van der Waals surface area (Å²) in [5.74, 6) is 0.589. The zero-order valence-corrected chi connectivity index (χ0v) is 13.1. The summed E-state index contributed by atoms with van der Waals surface area (Å²) >= 11 is 0. The lowest BCUT2D eigenvalue weighted by atomic mass is 9.75. The quantitative estimate of drug-likeness (QED) is 0.770. The lowest BCUT2D eigenvalue weighted by Crippen LogP contribution is -2.52. The molecule has 0 radical (unpaired) electrons. The van der Waals surface area contributed by atoms with Gasteiger partial charge in [0, 0.05) is 32.2 Å². The van der Waals surface area contributed by atoms with Crippen molar-refractivity contribution in [2.75, 3.05) is 45.9 Å². The highest BCUT2D eigenvalue weighted by Crippen LogP contribution is 2.34. The summed E-state index contributed by atoms with van der Waals surface area (Å²) in [6, 6.07) is 0.192. The summed E-state index contributed by atoms with van der Waals surface area (Å²) in [5.41, 5.74) is -0.223. The molecule has 2 aliphatic rings. The standard InChI is InChI=1S/C15H29N3O2/c1-12(2)15(4-5-16-11-15)14(19)17-13(3)10-18-6-8-20-9-7-18/h12-13,16H,4-11H2,1-3H3,(H,17,19). The molecule has 0 saturated carbocycles. The fourth-order valence-corrected chi connectivity index (χ4v) is 3.24. The van der Waals surface area contributed by atoms with Gasteiger partial charge >= 0.3 is 0 Å². The average molecular weight is 283 g/mol. The van der Waals surface area contributed by atoms with E-state index in [1.54, 1.807) is 0 Å². The van der Waals surface area contributed by atoms with E-state index in [1.165, 1.54) is 0 Å². The second-order valence-corrected chi connectivity index (χ2v) is 6.53. The minimum atomic E-state index is -0.223. The monoisotopic (exact) mass is 283 g/mol. The smallest absolute Gasteiger partial charge is 0.228 e. The van der Waals surface area contributed by atoms with E-state index in [0.29, 0.717) is 5.92 Å². The summed E-state index contributed by atoms with van der Waals surface area (Å²) in [4.78, 5) is 15.0. The molecule has 2 fully saturated rings. The van der Waals surface area contributed by atoms with Crippen LogP contribution in [0.1, 0.15) is 27.2 Å². The van der Waals surface area contributed by atoms with Gasteiger partial charge in [-0.2, -0.15) is 0 Å². The maximum atomic E-state index is 12.7. The molecule has 2 rings (SSSR count). The van der Waals surface area contributed by atoms with Crippen LogP contribution in [0.15, 0.2) is 0 Å². The van der Waals surface area contributed by atoms with Crippen LogP contribution in [0.3, 0.4) is 0 Å². The number of hydrogen-bond acceptors (Lipinski definition) is 4. The molecule has 2 aliphatic heterocycles. The largest absolute Gasteiger partial charge is 0.379 e. The van der Waals surface area contributed by atoms with Crippen LogP contribution in [0.5, 0.6) is 0 Å². The van der Waals surface area contributed by atoms with Crippen LogP contribution >= 0.6 is 0 Å². The van der Waals surface area contributed by atoms with E-state index in [0.717, 1.165) is 52.4 Å². The number of carbonyl (C=O) groups is 1. The Morgan fingerprint density at radius 2 is 2.05 bits per heavy atom. The van der Waals surface area contributed by atoms with Crippen LogP contribution in [0.4, 0.5) is 0 Å². The molecule has 0 spiro atoms. The van der Waals surface area contributed by atoms with Crippen molar-refractivity contribution < 1.29 is 9.53 Å². The van der Waals surface area contributed by atoms with E-state index in [1.807, 2.05) is 0 Å². The van der Waals surface area contributed by atoms with Gasteiger partial charge in [0.1, 0.15) is 0 Å². The molecule has 1 amide bonds. The summed E-state index contributed by atoms with van der Waals surface area (Å²) in [6.07, 6.45) is 0.945. The maximum absolute atomic E-state index is 12.7. The van der Waals surface area contributed by atoms with Crippen molar-refractivity contribution in [1.29, 1.82) is 0 Å². The van der Waals surface area contributed by atoms with Crippen molar-refractivity contribution in [1.82, 2.24) is 15.5 Å². The number of rotatable bonds is 5. The van der Waals surface area contributed by atoms with E-state index in [9.17, 15) is 4.79 Å². The molecule has 20 heavy (non-hydrogen) atoms. The lowest BCUT2D eigenvalue weighted by molar-refractivity contribution is -0.133. The Morgan fingerprint density at radius 3 is 2.60 bits per heavy atom. The number of ether oxygens (including phenoxy) is 1. The highest BCUT2D eigenvalue weighted by atomic mass is 16.5. The molecule has 2 saturated heterocycles. The molecule has 0 aromatic rings. The Balaban J connectivity index is 1.86. The van der Waals surface area contributed by atoms with Gasteiger partial charge in [-0.1, -0.05) is 13.8 Å². The third-order valence-electron chi connectivity index (χ3n) is 4.76. The summed E-state index contributed by atoms with van der Waals surface area (Å²) in [5, 5.41) is 6.57. The van der Waals surface area contributed by atoms with E-state index in [4.69, 9.17) is 4.74 Å². The molecule has 2 atom stereocenters. The fourth-order valence-electron chi connectivity index (χ4n) is 3.24. The molecular formula is C15H29N3O2. The van der Waals surface area contributed by atoms with Gasteiger partial charge in [-0.25, -0.2) is 0 Å². The second-order valence-electron chi connectivity index (χ2n) is 6.53. The SMILES string of the molecule is CC(CN1CCOCC1)NC(=O)C1(C(C)C)CCNC1. The molecule has 2 N–H and O–H groups in total. The van der Waals surface area contributed by atoms with Crippen LogP contribution in [-0.4, -0.2) is 62.8 Å². The third kappa shape index (κ3) is 3.51. The topological polar surface area (TPSA) is 53.6 Å². The number of nitrogens with one attached hydrogen (secondary N) is 2. The molecular weight excluding hydrogens is 254 g/mol. The number of hydrogen-bond donors (Lipinski definition) is 2. The zero-order chi connectivity index (χ0) is 14.6. The Labute approximate surface area is 122 Å². The van der Waals surface area contributed by atoms with Gasteiger partial charge in [0.2, 0.25) is 5.91 Å². The first-order chi connectivity index (χ1) is 9.54. The fraction of sp³-hybridized carbons (Fsp3) is 0.933. The minimum absolute atomic E-state index is 0.192. The van der Waals surface area contributed by atoms with Crippen molar-refractivity contribution in [3.63, 3.8) is 0 Å². The van der Waals surface area contributed by atoms with Gasteiger partial charge in [0.15, 0.2) is 0 Å². The van der Waals surface area contributed by atoms with Crippen LogP contribution < -0.4 is 10.6 Å². The number of carbonyl (C=O) groups excluding carboxylic acids is 1. The predicted molar refractivity (Wildman–Crippen MR) is 79.6 cm³/mol. The van der Waals surface area contributed by atoms with Crippen molar-refractivity contribution in [2.24, 2.45) is 11.3 Å². The molecule has 0 aromatic carbocycles. The first kappa shape index (κ1) is 15.7. The first-order valence-corrected chi connectivity index (χ1v) is 7.86. The van der Waals surface area contributed by atoms with Crippen molar-refractivity contribution >= 4 is 5.91 Å². The normalized spacial score (nSPS) is 29.6. The van der Waals surface area contributed by atoms with Gasteiger partial charge in [-0.3, -0.25) is 9.69 Å². The molecule has 0 bridgehead atoms. The van der Waals surface area contributed by atoms with Crippen LogP contribution in [0.2, 0.25) is 0 Å². The summed E-state index contributed by atoms with van der Waals surface area (Å²) in [7, 11) is 0. The van der Waals surface area contributed by atoms with E-state index >= 15 is 0 Å². The van der Waals surface area contributed by atoms with Gasteiger partial charge in [-0.15, -0.1) is 0 Å². The number of amides is 1. The van der Waals surface area contributed by atoms with Crippen molar-refractivity contribution in [2.45, 2.75) is 33.2 Å². The molecule has 0 aliphatic carbocycles. The highest BCUT2D eigenvalue weighted by Gasteiger charge is 2.44. The predicted octanol–water partition coefficient (Wildman–Crippen LogP) is 0.459. The third-order valence-corrected chi connectivity index (χ3v) is 4.76.